The molecule has 3 aromatic rings. The first-order valence-corrected chi connectivity index (χ1v) is 11.9. The molecule has 4 rings (SSSR count). The number of carboxylic acid groups (broad SMARTS) is 1. The van der Waals surface area contributed by atoms with Crippen molar-refractivity contribution in [1.29, 1.82) is 0 Å². The van der Waals surface area contributed by atoms with Crippen molar-refractivity contribution in [2.24, 2.45) is 0 Å². The lowest BCUT2D eigenvalue weighted by Crippen LogP contribution is -2.40. The fourth-order valence-corrected chi connectivity index (χ4v) is 6.88. The van der Waals surface area contributed by atoms with Gasteiger partial charge in [-0.3, -0.25) is 4.79 Å². The van der Waals surface area contributed by atoms with E-state index in [4.69, 9.17) is 0 Å². The Balaban J connectivity index is 1.52. The molecule has 1 atom stereocenters. The molecule has 1 aromatic heterocycles. The fraction of sp³-hybridized carbons (Fsp3) is 0.174. The van der Waals surface area contributed by atoms with Gasteiger partial charge in [-0.15, -0.1) is 11.3 Å². The van der Waals surface area contributed by atoms with E-state index < -0.39 is 22.0 Å². The minimum Gasteiger partial charge on any atom is -0.480 e. The molecule has 0 bridgehead atoms. The molecule has 1 aliphatic heterocycles. The maximum atomic E-state index is 12.8. The van der Waals surface area contributed by atoms with Crippen molar-refractivity contribution in [3.63, 3.8) is 0 Å². The normalized spacial score (nSPS) is 16.6. The van der Waals surface area contributed by atoms with Crippen LogP contribution in [0.4, 0.5) is 0 Å². The van der Waals surface area contributed by atoms with Crippen molar-refractivity contribution in [3.8, 4) is 11.1 Å². The topological polar surface area (TPSA) is 74.7 Å². The Kier molecular flexibility index (Phi) is 5.60. The van der Waals surface area contributed by atoms with Crippen LogP contribution in [0.2, 0.25) is 0 Å². The molecule has 30 heavy (non-hydrogen) atoms. The maximum Gasteiger partial charge on any atom is 0.322 e. The molecule has 2 aromatic carbocycles. The molecule has 1 unspecified atom stereocenters. The molecule has 7 heteroatoms. The number of hydrogen-bond acceptors (Lipinski definition) is 4. The second-order valence-electron chi connectivity index (χ2n) is 7.07. The fourth-order valence-electron chi connectivity index (χ4n) is 3.57. The first kappa shape index (κ1) is 20.5. The molecule has 1 N–H and O–H groups in total. The van der Waals surface area contributed by atoms with Gasteiger partial charge in [0.2, 0.25) is 10.0 Å². The molecule has 154 valence electrons. The SMILES string of the molecule is CCC(C(=O)O)N1Cc2sc(/C=C/c3ccc(-c4ccccc4)cc3)cc2S1(=O)=O. The zero-order valence-electron chi connectivity index (χ0n) is 16.4. The van der Waals surface area contributed by atoms with Crippen LogP contribution in [0.1, 0.15) is 28.7 Å². The lowest BCUT2D eigenvalue weighted by molar-refractivity contribution is -0.141. The van der Waals surface area contributed by atoms with E-state index in [1.807, 2.05) is 42.5 Å². The first-order chi connectivity index (χ1) is 14.4. The zero-order chi connectivity index (χ0) is 21.3. The second-order valence-corrected chi connectivity index (χ2v) is 10.1. The number of thiophene rings is 1. The van der Waals surface area contributed by atoms with Crippen LogP contribution in [0.25, 0.3) is 23.3 Å². The molecular weight excluding hydrogens is 418 g/mol. The highest BCUT2D eigenvalue weighted by molar-refractivity contribution is 7.89. The molecule has 0 fully saturated rings. The Morgan fingerprint density at radius 3 is 2.37 bits per heavy atom. The van der Waals surface area contributed by atoms with Gasteiger partial charge in [-0.25, -0.2) is 8.42 Å². The van der Waals surface area contributed by atoms with Crippen molar-refractivity contribution >= 4 is 39.5 Å². The van der Waals surface area contributed by atoms with Gasteiger partial charge in [0.05, 0.1) is 11.4 Å². The summed E-state index contributed by atoms with van der Waals surface area (Å²) in [5.41, 5.74) is 3.31. The summed E-state index contributed by atoms with van der Waals surface area (Å²) in [7, 11) is -3.77. The van der Waals surface area contributed by atoms with Crippen molar-refractivity contribution in [2.45, 2.75) is 30.8 Å². The van der Waals surface area contributed by atoms with E-state index in [1.54, 1.807) is 13.0 Å². The van der Waals surface area contributed by atoms with E-state index >= 15 is 0 Å². The third-order valence-electron chi connectivity index (χ3n) is 5.15. The van der Waals surface area contributed by atoms with Crippen LogP contribution in [0.5, 0.6) is 0 Å². The van der Waals surface area contributed by atoms with E-state index in [0.717, 1.165) is 25.9 Å². The van der Waals surface area contributed by atoms with E-state index in [0.29, 0.717) is 4.88 Å². The number of aliphatic carboxylic acids is 1. The maximum absolute atomic E-state index is 12.8. The average Bonchev–Trinajstić information content (AvgIpc) is 3.26. The highest BCUT2D eigenvalue weighted by Crippen LogP contribution is 2.39. The molecule has 0 amide bonds. The van der Waals surface area contributed by atoms with Gasteiger partial charge >= 0.3 is 5.97 Å². The predicted octanol–water partition coefficient (Wildman–Crippen LogP) is 4.95. The van der Waals surface area contributed by atoms with E-state index in [9.17, 15) is 18.3 Å². The molecule has 0 spiro atoms. The molecule has 5 nitrogen and oxygen atoms in total. The van der Waals surface area contributed by atoms with Crippen LogP contribution in [0.3, 0.4) is 0 Å². The quantitative estimate of drug-likeness (QED) is 0.590. The van der Waals surface area contributed by atoms with E-state index in [-0.39, 0.29) is 17.9 Å². The summed E-state index contributed by atoms with van der Waals surface area (Å²) >= 11 is 1.39. The van der Waals surface area contributed by atoms with Crippen molar-refractivity contribution in [2.75, 3.05) is 0 Å². The van der Waals surface area contributed by atoms with Gasteiger partial charge in [-0.05, 0) is 35.3 Å². The Labute approximate surface area is 180 Å². The number of carbonyl (C=O) groups is 1. The van der Waals surface area contributed by atoms with Crippen LogP contribution >= 0.6 is 11.3 Å². The predicted molar refractivity (Wildman–Crippen MR) is 120 cm³/mol. The van der Waals surface area contributed by atoms with Gasteiger partial charge in [0.25, 0.3) is 0 Å². The smallest absolute Gasteiger partial charge is 0.322 e. The zero-order valence-corrected chi connectivity index (χ0v) is 18.0. The monoisotopic (exact) mass is 439 g/mol. The summed E-state index contributed by atoms with van der Waals surface area (Å²) < 4.78 is 26.7. The van der Waals surface area contributed by atoms with Gasteiger partial charge in [-0.2, -0.15) is 4.31 Å². The third kappa shape index (κ3) is 3.84. The van der Waals surface area contributed by atoms with Crippen molar-refractivity contribution < 1.29 is 18.3 Å². The number of carboxylic acids is 1. The number of nitrogens with zero attached hydrogens (tertiary/aromatic N) is 1. The molecule has 0 saturated carbocycles. The lowest BCUT2D eigenvalue weighted by Gasteiger charge is -2.21. The van der Waals surface area contributed by atoms with Gasteiger partial charge < -0.3 is 5.11 Å². The first-order valence-electron chi connectivity index (χ1n) is 9.61. The Bertz CT molecular complexity index is 1200. The lowest BCUT2D eigenvalue weighted by atomic mass is 10.0. The van der Waals surface area contributed by atoms with Gasteiger partial charge in [0, 0.05) is 9.75 Å². The van der Waals surface area contributed by atoms with Gasteiger partial charge in [0.15, 0.2) is 0 Å². The van der Waals surface area contributed by atoms with Crippen LogP contribution in [0, 0.1) is 0 Å². The highest BCUT2D eigenvalue weighted by Gasteiger charge is 2.42. The third-order valence-corrected chi connectivity index (χ3v) is 8.29. The average molecular weight is 440 g/mol. The number of rotatable bonds is 6. The van der Waals surface area contributed by atoms with Crippen LogP contribution < -0.4 is 0 Å². The molecule has 0 radical (unpaired) electrons. The van der Waals surface area contributed by atoms with Crippen LogP contribution in [0.15, 0.2) is 65.6 Å². The summed E-state index contributed by atoms with van der Waals surface area (Å²) in [5, 5.41) is 9.33. The second kappa shape index (κ2) is 8.18. The Hall–Kier alpha value is -2.74. The summed E-state index contributed by atoms with van der Waals surface area (Å²) in [6.45, 7) is 1.80. The molecule has 0 aliphatic carbocycles. The van der Waals surface area contributed by atoms with E-state index in [2.05, 4.69) is 24.3 Å². The summed E-state index contributed by atoms with van der Waals surface area (Å²) in [5.74, 6) is -1.12. The number of sulfonamides is 1. The molecular formula is C23H21NO4S2. The van der Waals surface area contributed by atoms with Crippen molar-refractivity contribution in [1.82, 2.24) is 4.31 Å². The molecule has 1 aliphatic rings. The summed E-state index contributed by atoms with van der Waals surface area (Å²) in [6.07, 6.45) is 4.08. The standard InChI is InChI=1S/C23H21NO4S2/c1-2-20(23(25)26)24-15-21-22(30(24,27)28)14-19(29-21)13-10-16-8-11-18(12-9-16)17-6-4-3-5-7-17/h3-14,20H,2,15H2,1H3,(H,25,26)/b13-10+. The summed E-state index contributed by atoms with van der Waals surface area (Å²) in [4.78, 5) is 13.2. The molecule has 0 saturated heterocycles. The number of benzene rings is 2. The Morgan fingerprint density at radius 2 is 1.77 bits per heavy atom. The number of hydrogen-bond donors (Lipinski definition) is 1. The van der Waals surface area contributed by atoms with Crippen LogP contribution in [-0.4, -0.2) is 29.8 Å². The minimum atomic E-state index is -3.77. The highest BCUT2D eigenvalue weighted by atomic mass is 32.2. The summed E-state index contributed by atoms with van der Waals surface area (Å²) in [6, 6.07) is 18.9. The van der Waals surface area contributed by atoms with E-state index in [1.165, 1.54) is 11.3 Å². The minimum absolute atomic E-state index is 0.118. The largest absolute Gasteiger partial charge is 0.480 e. The van der Waals surface area contributed by atoms with Crippen molar-refractivity contribution in [3.05, 3.63) is 76.0 Å². The Morgan fingerprint density at radius 1 is 1.10 bits per heavy atom. The van der Waals surface area contributed by atoms with Gasteiger partial charge in [-0.1, -0.05) is 67.6 Å². The van der Waals surface area contributed by atoms with Gasteiger partial charge in [0.1, 0.15) is 6.04 Å². The molecule has 2 heterocycles. The van der Waals surface area contributed by atoms with Crippen LogP contribution in [-0.2, 0) is 21.4 Å². The number of fused-ring (bicyclic) bond motifs is 1.